The SMILES string of the molecule is Cl.N[C@@H](CS(=O)(=O)O)C(=O)O.O. The van der Waals surface area contributed by atoms with E-state index in [2.05, 4.69) is 0 Å². The topological polar surface area (TPSA) is 149 Å². The van der Waals surface area contributed by atoms with Crippen LogP contribution < -0.4 is 5.73 Å². The minimum atomic E-state index is -4.27. The molecule has 6 N–H and O–H groups in total. The van der Waals surface area contributed by atoms with Gasteiger partial charge in [0, 0.05) is 0 Å². The Bertz CT molecular complexity index is 225. The molecule has 0 bridgehead atoms. The Hall–Kier alpha value is -0.410. The molecule has 0 aliphatic heterocycles. The number of carboxylic acid groups (broad SMARTS) is 1. The molecule has 0 spiro atoms. The minimum absolute atomic E-state index is 0. The molecule has 9 heteroatoms. The maximum absolute atomic E-state index is 9.96. The highest BCUT2D eigenvalue weighted by atomic mass is 35.5. The fourth-order valence-corrected chi connectivity index (χ4v) is 0.895. The Morgan fingerprint density at radius 1 is 1.50 bits per heavy atom. The van der Waals surface area contributed by atoms with E-state index in [4.69, 9.17) is 15.4 Å². The van der Waals surface area contributed by atoms with Gasteiger partial charge in [-0.1, -0.05) is 0 Å². The van der Waals surface area contributed by atoms with Gasteiger partial charge in [-0.3, -0.25) is 9.35 Å². The normalized spacial score (nSPS) is 12.2. The molecule has 0 aliphatic carbocycles. The molecule has 76 valence electrons. The lowest BCUT2D eigenvalue weighted by atomic mass is 10.4. The van der Waals surface area contributed by atoms with Gasteiger partial charge in [0.25, 0.3) is 10.1 Å². The summed E-state index contributed by atoms with van der Waals surface area (Å²) >= 11 is 0. The summed E-state index contributed by atoms with van der Waals surface area (Å²) in [5, 5.41) is 8.04. The Morgan fingerprint density at radius 3 is 1.92 bits per heavy atom. The molecule has 0 rings (SSSR count). The first-order chi connectivity index (χ1) is 4.33. The van der Waals surface area contributed by atoms with Gasteiger partial charge in [-0.15, -0.1) is 12.4 Å². The molecule has 0 aromatic carbocycles. The van der Waals surface area contributed by atoms with Crippen molar-refractivity contribution in [3.8, 4) is 0 Å². The molecule has 0 aromatic rings. The Balaban J connectivity index is -0.000000405. The van der Waals surface area contributed by atoms with E-state index < -0.39 is 27.9 Å². The van der Waals surface area contributed by atoms with E-state index in [-0.39, 0.29) is 17.9 Å². The molecule has 7 nitrogen and oxygen atoms in total. The van der Waals surface area contributed by atoms with E-state index in [1.807, 2.05) is 0 Å². The van der Waals surface area contributed by atoms with Crippen LogP contribution in [0.3, 0.4) is 0 Å². The van der Waals surface area contributed by atoms with Crippen LogP contribution in [0, 0.1) is 0 Å². The maximum Gasteiger partial charge on any atom is 0.321 e. The summed E-state index contributed by atoms with van der Waals surface area (Å²) in [6, 6.07) is -1.56. The van der Waals surface area contributed by atoms with Crippen molar-refractivity contribution in [1.29, 1.82) is 0 Å². The Kier molecular flexibility index (Phi) is 9.02. The van der Waals surface area contributed by atoms with Gasteiger partial charge in [-0.05, 0) is 0 Å². The van der Waals surface area contributed by atoms with Crippen molar-refractivity contribution in [3.05, 3.63) is 0 Å². The lowest BCUT2D eigenvalue weighted by Crippen LogP contribution is -2.36. The number of rotatable bonds is 3. The van der Waals surface area contributed by atoms with E-state index in [0.717, 1.165) is 0 Å². The van der Waals surface area contributed by atoms with E-state index in [1.54, 1.807) is 0 Å². The van der Waals surface area contributed by atoms with Crippen LogP contribution in [-0.4, -0.2) is 41.3 Å². The largest absolute Gasteiger partial charge is 0.480 e. The second kappa shape index (κ2) is 6.14. The Morgan fingerprint density at radius 2 is 1.83 bits per heavy atom. The molecule has 0 unspecified atom stereocenters. The smallest absolute Gasteiger partial charge is 0.321 e. The van der Waals surface area contributed by atoms with Crippen LogP contribution in [-0.2, 0) is 14.9 Å². The van der Waals surface area contributed by atoms with Gasteiger partial charge in [0.15, 0.2) is 0 Å². The van der Waals surface area contributed by atoms with Crippen molar-refractivity contribution in [2.24, 2.45) is 5.73 Å². The van der Waals surface area contributed by atoms with Gasteiger partial charge in [0.05, 0.1) is 0 Å². The third-order valence-electron chi connectivity index (χ3n) is 0.707. The standard InChI is InChI=1S/C3H7NO5S.ClH.H2O/c4-2(3(5)6)1-10(7,8)9;;/h2H,1,4H2,(H,5,6)(H,7,8,9);1H;1H2/t2-;;/m0../s1. The summed E-state index contributed by atoms with van der Waals surface area (Å²) in [4.78, 5) is 9.88. The van der Waals surface area contributed by atoms with Gasteiger partial charge in [0.2, 0.25) is 0 Å². The monoisotopic (exact) mass is 223 g/mol. The number of carbonyl (C=O) groups is 1. The van der Waals surface area contributed by atoms with Gasteiger partial charge in [-0.25, -0.2) is 0 Å². The molecule has 0 fully saturated rings. The van der Waals surface area contributed by atoms with Gasteiger partial charge in [0.1, 0.15) is 11.8 Å². The summed E-state index contributed by atoms with van der Waals surface area (Å²) in [7, 11) is -4.27. The van der Waals surface area contributed by atoms with E-state index in [9.17, 15) is 13.2 Å². The molecule has 0 radical (unpaired) electrons. The fraction of sp³-hybridized carbons (Fsp3) is 0.667. The highest BCUT2D eigenvalue weighted by molar-refractivity contribution is 7.85. The van der Waals surface area contributed by atoms with Crippen LogP contribution in [0.4, 0.5) is 0 Å². The molecule has 0 saturated carbocycles. The summed E-state index contributed by atoms with van der Waals surface area (Å²) in [5.74, 6) is -2.42. The molecular weight excluding hydrogens is 214 g/mol. The third kappa shape index (κ3) is 9.59. The fourth-order valence-electron chi connectivity index (χ4n) is 0.298. The molecule has 12 heavy (non-hydrogen) atoms. The molecule has 0 saturated heterocycles. The average Bonchev–Trinajstić information content (AvgIpc) is 1.60. The van der Waals surface area contributed by atoms with Crippen molar-refractivity contribution in [1.82, 2.24) is 0 Å². The van der Waals surface area contributed by atoms with Crippen LogP contribution in [0.1, 0.15) is 0 Å². The van der Waals surface area contributed by atoms with Crippen molar-refractivity contribution in [2.75, 3.05) is 5.75 Å². The number of nitrogens with two attached hydrogens (primary N) is 1. The molecule has 0 aromatic heterocycles. The third-order valence-corrected chi connectivity index (χ3v) is 1.49. The van der Waals surface area contributed by atoms with Crippen LogP contribution in [0.5, 0.6) is 0 Å². The lowest BCUT2D eigenvalue weighted by Gasteiger charge is -2.01. The van der Waals surface area contributed by atoms with Crippen LogP contribution in [0.15, 0.2) is 0 Å². The number of hydrogen-bond acceptors (Lipinski definition) is 4. The summed E-state index contributed by atoms with van der Waals surface area (Å²) in [5.41, 5.74) is 4.76. The predicted octanol–water partition coefficient (Wildman–Crippen LogP) is -2.12. The quantitative estimate of drug-likeness (QED) is 0.466. The number of carboxylic acids is 1. The predicted molar refractivity (Wildman–Crippen MR) is 42.9 cm³/mol. The minimum Gasteiger partial charge on any atom is -0.480 e. The first-order valence-electron chi connectivity index (χ1n) is 2.26. The molecule has 0 amide bonds. The molecule has 0 aliphatic rings. The summed E-state index contributed by atoms with van der Waals surface area (Å²) < 4.78 is 28.0. The first kappa shape index (κ1) is 17.6. The summed E-state index contributed by atoms with van der Waals surface area (Å²) in [6.45, 7) is 0. The maximum atomic E-state index is 9.96. The van der Waals surface area contributed by atoms with E-state index >= 15 is 0 Å². The second-order valence-corrected chi connectivity index (χ2v) is 3.19. The second-order valence-electron chi connectivity index (χ2n) is 1.69. The number of halogens is 1. The van der Waals surface area contributed by atoms with Gasteiger partial charge >= 0.3 is 5.97 Å². The van der Waals surface area contributed by atoms with E-state index in [1.165, 1.54) is 0 Å². The van der Waals surface area contributed by atoms with Crippen molar-refractivity contribution in [3.63, 3.8) is 0 Å². The zero-order valence-corrected chi connectivity index (χ0v) is 7.43. The zero-order chi connectivity index (χ0) is 8.36. The number of hydrogen-bond donors (Lipinski definition) is 3. The van der Waals surface area contributed by atoms with Crippen molar-refractivity contribution >= 4 is 28.5 Å². The first-order valence-corrected chi connectivity index (χ1v) is 3.87. The van der Waals surface area contributed by atoms with Crippen molar-refractivity contribution in [2.45, 2.75) is 6.04 Å². The number of aliphatic carboxylic acids is 1. The van der Waals surface area contributed by atoms with E-state index in [0.29, 0.717) is 0 Å². The highest BCUT2D eigenvalue weighted by Crippen LogP contribution is 1.86. The molecular formula is C3H10ClNO6S. The average molecular weight is 224 g/mol. The molecule has 0 heterocycles. The van der Waals surface area contributed by atoms with Crippen LogP contribution in [0.2, 0.25) is 0 Å². The lowest BCUT2D eigenvalue weighted by molar-refractivity contribution is -0.138. The Labute approximate surface area is 75.0 Å². The van der Waals surface area contributed by atoms with Gasteiger partial charge < -0.3 is 16.3 Å². The summed E-state index contributed by atoms with van der Waals surface area (Å²) in [6.07, 6.45) is 0. The van der Waals surface area contributed by atoms with Gasteiger partial charge in [-0.2, -0.15) is 8.42 Å². The van der Waals surface area contributed by atoms with Crippen LogP contribution >= 0.6 is 12.4 Å². The zero-order valence-electron chi connectivity index (χ0n) is 5.80. The molecule has 1 atom stereocenters. The highest BCUT2D eigenvalue weighted by Gasteiger charge is 2.18. The van der Waals surface area contributed by atoms with Crippen molar-refractivity contribution < 1.29 is 28.3 Å². The van der Waals surface area contributed by atoms with Crippen LogP contribution in [0.25, 0.3) is 0 Å².